The third-order valence-electron chi connectivity index (χ3n) is 3.64. The minimum absolute atomic E-state index is 0.628. The molecule has 0 fully saturated rings. The van der Waals surface area contributed by atoms with Crippen LogP contribution in [0.2, 0.25) is 0 Å². The highest BCUT2D eigenvalue weighted by Crippen LogP contribution is 2.25. The second-order valence-electron chi connectivity index (χ2n) is 5.68. The van der Waals surface area contributed by atoms with Gasteiger partial charge in [-0.05, 0) is 45.3 Å². The maximum Gasteiger partial charge on any atom is 0.492 e. The highest BCUT2D eigenvalue weighted by molar-refractivity contribution is 6.63. The van der Waals surface area contributed by atoms with Gasteiger partial charge in [0.1, 0.15) is 5.65 Å². The fourth-order valence-electron chi connectivity index (χ4n) is 1.68. The van der Waals surface area contributed by atoms with Gasteiger partial charge in [-0.2, -0.15) is 0 Å². The monoisotopic (exact) mass is 262 g/mol. The van der Waals surface area contributed by atoms with Gasteiger partial charge < -0.3 is 19.8 Å². The molecular formula is C13H19BN2O3. The molecule has 0 amide bonds. The first-order valence-electron chi connectivity index (χ1n) is 6.22. The molecule has 0 radical (unpaired) electrons. The van der Waals surface area contributed by atoms with Crippen LogP contribution >= 0.6 is 0 Å². The van der Waals surface area contributed by atoms with E-state index < -0.39 is 18.3 Å². The molecule has 5 nitrogen and oxygen atoms in total. The fourth-order valence-corrected chi connectivity index (χ4v) is 1.68. The van der Waals surface area contributed by atoms with Gasteiger partial charge in [-0.15, -0.1) is 0 Å². The minimum atomic E-state index is -1.12. The Morgan fingerprint density at radius 2 is 1.95 bits per heavy atom. The summed E-state index contributed by atoms with van der Waals surface area (Å²) in [6, 6.07) is 3.54. The Kier molecular flexibility index (Phi) is 3.42. The summed E-state index contributed by atoms with van der Waals surface area (Å²) in [6.07, 6.45) is 3.37. The molecule has 2 heterocycles. The second kappa shape index (κ2) is 4.63. The molecule has 0 saturated heterocycles. The lowest BCUT2D eigenvalue weighted by molar-refractivity contribution is -0.0982. The molecule has 102 valence electrons. The number of fused-ring (bicyclic) bond motifs is 1. The first-order valence-corrected chi connectivity index (χ1v) is 6.22. The molecule has 2 aromatic rings. The van der Waals surface area contributed by atoms with Gasteiger partial charge in [0.05, 0.1) is 11.2 Å². The van der Waals surface area contributed by atoms with E-state index in [2.05, 4.69) is 9.97 Å². The zero-order valence-electron chi connectivity index (χ0n) is 11.6. The van der Waals surface area contributed by atoms with Crippen LogP contribution in [0.3, 0.4) is 0 Å². The summed E-state index contributed by atoms with van der Waals surface area (Å²) in [5, 5.41) is 21.1. The Hall–Kier alpha value is -1.37. The Morgan fingerprint density at radius 1 is 1.26 bits per heavy atom. The van der Waals surface area contributed by atoms with E-state index in [1.54, 1.807) is 46.2 Å². The number of hydrogen-bond donors (Lipinski definition) is 3. The standard InChI is InChI=1S/C13H19BN2O3/c1-12(2,17)13(3,4)19-14(18)10-6-8-16-11-9(10)5-7-15-11/h5-8,17-18H,1-4H3,(H,15,16). The van der Waals surface area contributed by atoms with Gasteiger partial charge in [-0.1, -0.05) is 0 Å². The first-order chi connectivity index (χ1) is 8.72. The summed E-state index contributed by atoms with van der Waals surface area (Å²) in [7, 11) is -1.12. The Balaban J connectivity index is 2.30. The molecule has 0 aliphatic carbocycles. The highest BCUT2D eigenvalue weighted by Gasteiger charge is 2.39. The maximum absolute atomic E-state index is 10.3. The summed E-state index contributed by atoms with van der Waals surface area (Å²) in [5.41, 5.74) is -0.638. The molecule has 0 aliphatic rings. The number of rotatable bonds is 4. The SMILES string of the molecule is CC(C)(O)C(C)(C)OB(O)c1ccnc2[nH]ccc12. The fraction of sp³-hybridized carbons (Fsp3) is 0.462. The van der Waals surface area contributed by atoms with Crippen molar-refractivity contribution in [2.75, 3.05) is 0 Å². The van der Waals surface area contributed by atoms with Crippen LogP contribution in [0.1, 0.15) is 27.7 Å². The molecule has 3 N–H and O–H groups in total. The molecule has 0 unspecified atom stereocenters. The van der Waals surface area contributed by atoms with E-state index in [-0.39, 0.29) is 0 Å². The lowest BCUT2D eigenvalue weighted by Gasteiger charge is -2.38. The summed E-state index contributed by atoms with van der Waals surface area (Å²) >= 11 is 0. The van der Waals surface area contributed by atoms with Crippen molar-refractivity contribution in [3.8, 4) is 0 Å². The maximum atomic E-state index is 10.3. The smallest absolute Gasteiger partial charge is 0.423 e. The van der Waals surface area contributed by atoms with Crippen LogP contribution in [-0.4, -0.2) is 38.4 Å². The zero-order valence-corrected chi connectivity index (χ0v) is 11.6. The molecule has 0 aliphatic heterocycles. The number of pyridine rings is 1. The van der Waals surface area contributed by atoms with Crippen molar-refractivity contribution in [1.82, 2.24) is 9.97 Å². The van der Waals surface area contributed by atoms with Gasteiger partial charge in [0.25, 0.3) is 0 Å². The Labute approximate surface area is 112 Å². The van der Waals surface area contributed by atoms with E-state index in [0.29, 0.717) is 11.1 Å². The summed E-state index contributed by atoms with van der Waals surface area (Å²) < 4.78 is 5.63. The van der Waals surface area contributed by atoms with Crippen LogP contribution in [-0.2, 0) is 4.65 Å². The number of hydrogen-bond acceptors (Lipinski definition) is 4. The minimum Gasteiger partial charge on any atom is -0.423 e. The number of aromatic nitrogens is 2. The molecule has 2 rings (SSSR count). The topological polar surface area (TPSA) is 78.4 Å². The zero-order chi connectivity index (χ0) is 14.3. The number of nitrogens with zero attached hydrogens (tertiary/aromatic N) is 1. The number of aromatic amines is 1. The molecule has 0 atom stereocenters. The average Bonchev–Trinajstić information content (AvgIpc) is 2.73. The van der Waals surface area contributed by atoms with Gasteiger partial charge >= 0.3 is 7.12 Å². The largest absolute Gasteiger partial charge is 0.492 e. The summed E-state index contributed by atoms with van der Waals surface area (Å²) in [5.74, 6) is 0. The molecule has 0 saturated carbocycles. The molecule has 6 heteroatoms. The van der Waals surface area contributed by atoms with E-state index in [9.17, 15) is 10.1 Å². The van der Waals surface area contributed by atoms with Gasteiger partial charge in [0, 0.05) is 17.8 Å². The van der Waals surface area contributed by atoms with Crippen LogP contribution in [0, 0.1) is 0 Å². The number of nitrogens with one attached hydrogen (secondary N) is 1. The van der Waals surface area contributed by atoms with E-state index in [4.69, 9.17) is 4.65 Å². The van der Waals surface area contributed by atoms with Crippen molar-refractivity contribution in [1.29, 1.82) is 0 Å². The van der Waals surface area contributed by atoms with Crippen molar-refractivity contribution in [2.24, 2.45) is 0 Å². The first kappa shape index (κ1) is 14.1. The predicted molar refractivity (Wildman–Crippen MR) is 75.2 cm³/mol. The van der Waals surface area contributed by atoms with E-state index in [1.807, 2.05) is 6.07 Å². The number of H-pyrrole nitrogens is 1. The second-order valence-corrected chi connectivity index (χ2v) is 5.68. The third kappa shape index (κ3) is 2.65. The quantitative estimate of drug-likeness (QED) is 0.713. The van der Waals surface area contributed by atoms with Crippen molar-refractivity contribution < 1.29 is 14.8 Å². The van der Waals surface area contributed by atoms with Crippen LogP contribution in [0.4, 0.5) is 0 Å². The predicted octanol–water partition coefficient (Wildman–Crippen LogP) is 0.816. The van der Waals surface area contributed by atoms with Gasteiger partial charge in [-0.3, -0.25) is 0 Å². The lowest BCUT2D eigenvalue weighted by atomic mass is 9.75. The van der Waals surface area contributed by atoms with E-state index in [0.717, 1.165) is 5.39 Å². The number of aliphatic hydroxyl groups is 1. The lowest BCUT2D eigenvalue weighted by Crippen LogP contribution is -2.53. The molecule has 0 bridgehead atoms. The molecule has 19 heavy (non-hydrogen) atoms. The molecule has 0 spiro atoms. The molecule has 2 aromatic heterocycles. The normalized spacial score (nSPS) is 12.9. The van der Waals surface area contributed by atoms with E-state index in [1.165, 1.54) is 0 Å². The molecule has 0 aromatic carbocycles. The van der Waals surface area contributed by atoms with Crippen molar-refractivity contribution >= 4 is 23.6 Å². The Morgan fingerprint density at radius 3 is 2.58 bits per heavy atom. The average molecular weight is 262 g/mol. The summed E-state index contributed by atoms with van der Waals surface area (Å²) in [4.78, 5) is 7.14. The van der Waals surface area contributed by atoms with Crippen LogP contribution in [0.25, 0.3) is 11.0 Å². The van der Waals surface area contributed by atoms with Crippen molar-refractivity contribution in [3.05, 3.63) is 24.5 Å². The van der Waals surface area contributed by atoms with Crippen molar-refractivity contribution in [2.45, 2.75) is 38.9 Å². The molecular weight excluding hydrogens is 243 g/mol. The third-order valence-corrected chi connectivity index (χ3v) is 3.64. The van der Waals surface area contributed by atoms with Crippen LogP contribution in [0.15, 0.2) is 24.5 Å². The van der Waals surface area contributed by atoms with Gasteiger partial charge in [0.15, 0.2) is 0 Å². The highest BCUT2D eigenvalue weighted by atomic mass is 16.5. The Bertz CT molecular complexity index is 575. The summed E-state index contributed by atoms with van der Waals surface area (Å²) in [6.45, 7) is 6.79. The van der Waals surface area contributed by atoms with Gasteiger partial charge in [0.2, 0.25) is 0 Å². The van der Waals surface area contributed by atoms with Crippen LogP contribution < -0.4 is 5.46 Å². The van der Waals surface area contributed by atoms with E-state index >= 15 is 0 Å². The van der Waals surface area contributed by atoms with Crippen molar-refractivity contribution in [3.63, 3.8) is 0 Å². The van der Waals surface area contributed by atoms with Crippen LogP contribution in [0.5, 0.6) is 0 Å². The van der Waals surface area contributed by atoms with Gasteiger partial charge in [-0.25, -0.2) is 4.98 Å².